The summed E-state index contributed by atoms with van der Waals surface area (Å²) in [5.74, 6) is 0. The molecule has 2 aliphatic rings. The van der Waals surface area contributed by atoms with E-state index < -0.39 is 0 Å². The summed E-state index contributed by atoms with van der Waals surface area (Å²) >= 11 is 0. The summed E-state index contributed by atoms with van der Waals surface area (Å²) in [6, 6.07) is 0. The molecule has 0 heteroatoms. The topological polar surface area (TPSA) is 0 Å². The van der Waals surface area contributed by atoms with E-state index >= 15 is 0 Å². The summed E-state index contributed by atoms with van der Waals surface area (Å²) in [7, 11) is 0. The minimum atomic E-state index is 0.969. The van der Waals surface area contributed by atoms with Gasteiger partial charge in [0.05, 0.1) is 0 Å². The minimum absolute atomic E-state index is 0.969. The Bertz CT molecular complexity index is 411. The van der Waals surface area contributed by atoms with Crippen molar-refractivity contribution < 1.29 is 0 Å². The van der Waals surface area contributed by atoms with Gasteiger partial charge in [0.25, 0.3) is 0 Å². The summed E-state index contributed by atoms with van der Waals surface area (Å²) < 4.78 is 0. The van der Waals surface area contributed by atoms with Crippen LogP contribution in [0.15, 0.2) is 71.9 Å². The summed E-state index contributed by atoms with van der Waals surface area (Å²) in [6.07, 6.45) is 16.0. The van der Waals surface area contributed by atoms with Gasteiger partial charge in [0, 0.05) is 0 Å². The Morgan fingerprint density at radius 3 is 2.67 bits per heavy atom. The quantitative estimate of drug-likeness (QED) is 0.589. The molecule has 0 heterocycles. The molecule has 0 N–H and O–H groups in total. The van der Waals surface area contributed by atoms with Crippen molar-refractivity contribution in [2.24, 2.45) is 0 Å². The van der Waals surface area contributed by atoms with Crippen LogP contribution in [-0.4, -0.2) is 0 Å². The maximum Gasteiger partial charge on any atom is -0.00941 e. The van der Waals surface area contributed by atoms with Crippen LogP contribution in [0.5, 0.6) is 0 Å². The summed E-state index contributed by atoms with van der Waals surface area (Å²) in [5, 5.41) is 0. The maximum atomic E-state index is 3.79. The molecule has 76 valence electrons. The Labute approximate surface area is 91.7 Å². The third-order valence-corrected chi connectivity index (χ3v) is 2.82. The number of hydrogen-bond acceptors (Lipinski definition) is 0. The van der Waals surface area contributed by atoms with Crippen LogP contribution in [0.1, 0.15) is 19.3 Å². The molecule has 0 saturated heterocycles. The van der Waals surface area contributed by atoms with E-state index in [4.69, 9.17) is 0 Å². The molecule has 0 aromatic heterocycles. The van der Waals surface area contributed by atoms with Gasteiger partial charge in [-0.05, 0) is 36.0 Å². The first kappa shape index (κ1) is 9.97. The normalized spacial score (nSPS) is 18.4. The van der Waals surface area contributed by atoms with Gasteiger partial charge in [0.2, 0.25) is 0 Å². The molecule has 0 radical (unpaired) electrons. The first-order valence-corrected chi connectivity index (χ1v) is 5.38. The second-order valence-electron chi connectivity index (χ2n) is 3.92. The van der Waals surface area contributed by atoms with E-state index in [0.29, 0.717) is 0 Å². The smallest absolute Gasteiger partial charge is 0.00941 e. The average molecular weight is 196 g/mol. The van der Waals surface area contributed by atoms with Crippen molar-refractivity contribution in [1.82, 2.24) is 0 Å². The van der Waals surface area contributed by atoms with E-state index in [1.165, 1.54) is 22.3 Å². The van der Waals surface area contributed by atoms with Gasteiger partial charge in [-0.25, -0.2) is 0 Å². The van der Waals surface area contributed by atoms with Gasteiger partial charge in [-0.15, -0.1) is 13.2 Å². The molecule has 0 fully saturated rings. The predicted molar refractivity (Wildman–Crippen MR) is 66.6 cm³/mol. The molecule has 2 rings (SSSR count). The van der Waals surface area contributed by atoms with Gasteiger partial charge in [0.15, 0.2) is 0 Å². The molecule has 0 atom stereocenters. The zero-order chi connectivity index (χ0) is 10.7. The van der Waals surface area contributed by atoms with Gasteiger partial charge in [-0.1, -0.05) is 42.0 Å². The van der Waals surface area contributed by atoms with Crippen LogP contribution in [-0.2, 0) is 0 Å². The fraction of sp³-hybridized carbons (Fsp3) is 0.200. The summed E-state index contributed by atoms with van der Waals surface area (Å²) in [4.78, 5) is 0. The van der Waals surface area contributed by atoms with E-state index in [0.717, 1.165) is 19.3 Å². The molecular formula is C15H16. The lowest BCUT2D eigenvalue weighted by atomic mass is 9.91. The molecule has 0 unspecified atom stereocenters. The SMILES string of the molecule is C=CCC1=CC2=CC=C(CC=C)C2=CC1. The van der Waals surface area contributed by atoms with Gasteiger partial charge in [-0.3, -0.25) is 0 Å². The lowest BCUT2D eigenvalue weighted by molar-refractivity contribution is 1.07. The molecule has 0 nitrogen and oxygen atoms in total. The monoisotopic (exact) mass is 196 g/mol. The Morgan fingerprint density at radius 2 is 1.93 bits per heavy atom. The Hall–Kier alpha value is -1.56. The van der Waals surface area contributed by atoms with E-state index in [9.17, 15) is 0 Å². The molecular weight excluding hydrogens is 180 g/mol. The van der Waals surface area contributed by atoms with Gasteiger partial charge in [0.1, 0.15) is 0 Å². The van der Waals surface area contributed by atoms with Crippen molar-refractivity contribution in [3.05, 3.63) is 71.9 Å². The third kappa shape index (κ3) is 1.94. The molecule has 2 aliphatic carbocycles. The van der Waals surface area contributed by atoms with Crippen LogP contribution in [0.2, 0.25) is 0 Å². The molecule has 0 spiro atoms. The first-order valence-electron chi connectivity index (χ1n) is 5.38. The molecule has 0 saturated carbocycles. The van der Waals surface area contributed by atoms with Crippen LogP contribution < -0.4 is 0 Å². The zero-order valence-electron chi connectivity index (χ0n) is 9.00. The highest BCUT2D eigenvalue weighted by molar-refractivity contribution is 5.62. The largest absolute Gasteiger partial charge is 0.103 e. The average Bonchev–Trinajstić information content (AvgIpc) is 2.62. The summed E-state index contributed by atoms with van der Waals surface area (Å²) in [6.45, 7) is 7.56. The maximum absolute atomic E-state index is 3.79. The highest BCUT2D eigenvalue weighted by atomic mass is 14.2. The van der Waals surface area contributed by atoms with Crippen LogP contribution in [0, 0.1) is 0 Å². The molecule has 0 amide bonds. The Kier molecular flexibility index (Phi) is 2.86. The van der Waals surface area contributed by atoms with Crippen LogP contribution >= 0.6 is 0 Å². The fourth-order valence-electron chi connectivity index (χ4n) is 2.10. The van der Waals surface area contributed by atoms with Crippen molar-refractivity contribution in [2.75, 3.05) is 0 Å². The molecule has 0 bridgehead atoms. The highest BCUT2D eigenvalue weighted by Gasteiger charge is 2.16. The molecule has 0 aromatic carbocycles. The van der Waals surface area contributed by atoms with E-state index in [-0.39, 0.29) is 0 Å². The van der Waals surface area contributed by atoms with Crippen LogP contribution in [0.25, 0.3) is 0 Å². The molecule has 15 heavy (non-hydrogen) atoms. The standard InChI is InChI=1S/C15H16/c1-3-5-12-7-10-15-13(6-4-2)8-9-14(15)11-12/h3-4,8-11H,1-2,5-7H2. The van der Waals surface area contributed by atoms with E-state index in [1.807, 2.05) is 12.2 Å². The first-order chi connectivity index (χ1) is 7.35. The van der Waals surface area contributed by atoms with Crippen molar-refractivity contribution in [2.45, 2.75) is 19.3 Å². The van der Waals surface area contributed by atoms with Crippen molar-refractivity contribution >= 4 is 0 Å². The zero-order valence-corrected chi connectivity index (χ0v) is 9.00. The number of rotatable bonds is 4. The fourth-order valence-corrected chi connectivity index (χ4v) is 2.10. The number of fused-ring (bicyclic) bond motifs is 1. The van der Waals surface area contributed by atoms with E-state index in [2.05, 4.69) is 37.5 Å². The Morgan fingerprint density at radius 1 is 1.13 bits per heavy atom. The second kappa shape index (κ2) is 4.31. The lowest BCUT2D eigenvalue weighted by Gasteiger charge is -2.14. The van der Waals surface area contributed by atoms with Gasteiger partial charge < -0.3 is 0 Å². The third-order valence-electron chi connectivity index (χ3n) is 2.82. The molecule has 0 aromatic rings. The molecule has 0 aliphatic heterocycles. The van der Waals surface area contributed by atoms with Gasteiger partial charge >= 0.3 is 0 Å². The Balaban J connectivity index is 2.16. The second-order valence-corrected chi connectivity index (χ2v) is 3.92. The van der Waals surface area contributed by atoms with Gasteiger partial charge in [-0.2, -0.15) is 0 Å². The summed E-state index contributed by atoms with van der Waals surface area (Å²) in [5.41, 5.74) is 5.61. The van der Waals surface area contributed by atoms with Crippen molar-refractivity contribution in [1.29, 1.82) is 0 Å². The van der Waals surface area contributed by atoms with Crippen molar-refractivity contribution in [3.63, 3.8) is 0 Å². The van der Waals surface area contributed by atoms with Crippen molar-refractivity contribution in [3.8, 4) is 0 Å². The highest BCUT2D eigenvalue weighted by Crippen LogP contribution is 2.35. The number of hydrogen-bond donors (Lipinski definition) is 0. The number of allylic oxidation sites excluding steroid dienone is 10. The lowest BCUT2D eigenvalue weighted by Crippen LogP contribution is -1.95. The minimum Gasteiger partial charge on any atom is -0.103 e. The van der Waals surface area contributed by atoms with Crippen LogP contribution in [0.4, 0.5) is 0 Å². The van der Waals surface area contributed by atoms with E-state index in [1.54, 1.807) is 0 Å². The van der Waals surface area contributed by atoms with Crippen LogP contribution in [0.3, 0.4) is 0 Å². The predicted octanol–water partition coefficient (Wildman–Crippen LogP) is 4.26.